The van der Waals surface area contributed by atoms with Gasteiger partial charge in [-0.05, 0) is 17.7 Å². The van der Waals surface area contributed by atoms with Crippen molar-refractivity contribution in [2.45, 2.75) is 18.9 Å². The summed E-state index contributed by atoms with van der Waals surface area (Å²) in [5, 5.41) is 0.450. The Kier molecular flexibility index (Phi) is 4.56. The van der Waals surface area contributed by atoms with Crippen molar-refractivity contribution in [3.63, 3.8) is 0 Å². The molecule has 0 N–H and O–H groups in total. The molecule has 0 aliphatic rings. The molecule has 18 heavy (non-hydrogen) atoms. The summed E-state index contributed by atoms with van der Waals surface area (Å²) in [4.78, 5) is 11.7. The third kappa shape index (κ3) is 3.35. The molecule has 0 aromatic heterocycles. The number of benzene rings is 1. The lowest BCUT2D eigenvalue weighted by molar-refractivity contribution is -0.179. The standard InChI is InChI=1S/C11H10ClF4NO/c1-17(10(18)11(15,16)9(13)14)6-7-2-4-8(12)5-3-7/h2-5,9H,6H2,1H3. The highest BCUT2D eigenvalue weighted by atomic mass is 35.5. The van der Waals surface area contributed by atoms with Crippen LogP contribution in [0.4, 0.5) is 17.6 Å². The summed E-state index contributed by atoms with van der Waals surface area (Å²) in [6.07, 6.45) is -4.02. The molecule has 0 saturated carbocycles. The van der Waals surface area contributed by atoms with E-state index in [9.17, 15) is 22.4 Å². The first kappa shape index (κ1) is 14.8. The Hall–Kier alpha value is -1.30. The molecule has 2 nitrogen and oxygen atoms in total. The Bertz CT molecular complexity index is 422. The third-order valence-electron chi connectivity index (χ3n) is 2.24. The predicted molar refractivity (Wildman–Crippen MR) is 58.9 cm³/mol. The van der Waals surface area contributed by atoms with Crippen LogP contribution in [0.1, 0.15) is 5.56 Å². The Morgan fingerprint density at radius 2 is 1.83 bits per heavy atom. The molecule has 100 valence electrons. The fourth-order valence-electron chi connectivity index (χ4n) is 1.28. The molecule has 1 aromatic carbocycles. The van der Waals surface area contributed by atoms with E-state index in [0.29, 0.717) is 15.5 Å². The van der Waals surface area contributed by atoms with E-state index in [1.165, 1.54) is 24.3 Å². The Morgan fingerprint density at radius 3 is 2.28 bits per heavy atom. The van der Waals surface area contributed by atoms with Gasteiger partial charge in [0.25, 0.3) is 5.91 Å². The molecule has 0 aliphatic carbocycles. The van der Waals surface area contributed by atoms with Crippen LogP contribution in [0.5, 0.6) is 0 Å². The van der Waals surface area contributed by atoms with E-state index in [0.717, 1.165) is 7.05 Å². The van der Waals surface area contributed by atoms with Gasteiger partial charge in [-0.25, -0.2) is 8.78 Å². The van der Waals surface area contributed by atoms with Crippen LogP contribution in [0.3, 0.4) is 0 Å². The molecule has 0 bridgehead atoms. The second-order valence-corrected chi connectivity index (χ2v) is 4.15. The molecule has 0 radical (unpaired) electrons. The second kappa shape index (κ2) is 5.56. The number of hydrogen-bond acceptors (Lipinski definition) is 1. The maximum absolute atomic E-state index is 12.8. The van der Waals surface area contributed by atoms with Gasteiger partial charge in [0.15, 0.2) is 0 Å². The van der Waals surface area contributed by atoms with Gasteiger partial charge in [-0.1, -0.05) is 23.7 Å². The SMILES string of the molecule is CN(Cc1ccc(Cl)cc1)C(=O)C(F)(F)C(F)F. The molecule has 1 rings (SSSR count). The topological polar surface area (TPSA) is 20.3 Å². The molecule has 0 saturated heterocycles. The van der Waals surface area contributed by atoms with Crippen LogP contribution < -0.4 is 0 Å². The molecule has 0 spiro atoms. The molecule has 0 aliphatic heterocycles. The van der Waals surface area contributed by atoms with E-state index in [1.54, 1.807) is 0 Å². The van der Waals surface area contributed by atoms with Crippen molar-refractivity contribution < 1.29 is 22.4 Å². The van der Waals surface area contributed by atoms with Crippen LogP contribution in [0.15, 0.2) is 24.3 Å². The summed E-state index contributed by atoms with van der Waals surface area (Å²) in [5.41, 5.74) is 0.514. The minimum Gasteiger partial charge on any atom is -0.336 e. The number of carbonyl (C=O) groups excluding carboxylic acids is 1. The largest absolute Gasteiger partial charge is 0.383 e. The van der Waals surface area contributed by atoms with E-state index in [-0.39, 0.29) is 6.54 Å². The zero-order valence-corrected chi connectivity index (χ0v) is 10.1. The summed E-state index contributed by atoms with van der Waals surface area (Å²) in [5.74, 6) is -6.58. The summed E-state index contributed by atoms with van der Waals surface area (Å²) in [6.45, 7) is -0.196. The zero-order valence-electron chi connectivity index (χ0n) is 9.34. The minimum absolute atomic E-state index is 0.196. The monoisotopic (exact) mass is 283 g/mol. The van der Waals surface area contributed by atoms with Crippen LogP contribution >= 0.6 is 11.6 Å². The van der Waals surface area contributed by atoms with Crippen LogP contribution in [-0.4, -0.2) is 30.2 Å². The van der Waals surface area contributed by atoms with Crippen LogP contribution in [0, 0.1) is 0 Å². The van der Waals surface area contributed by atoms with Crippen LogP contribution in [-0.2, 0) is 11.3 Å². The van der Waals surface area contributed by atoms with Crippen molar-refractivity contribution in [3.8, 4) is 0 Å². The van der Waals surface area contributed by atoms with Crippen molar-refractivity contribution in [2.75, 3.05) is 7.05 Å². The molecule has 0 heterocycles. The number of halogens is 5. The van der Waals surface area contributed by atoms with E-state index >= 15 is 0 Å². The van der Waals surface area contributed by atoms with Crippen molar-refractivity contribution in [3.05, 3.63) is 34.9 Å². The molecular formula is C11H10ClF4NO. The molecule has 1 amide bonds. The minimum atomic E-state index is -4.67. The fourth-order valence-corrected chi connectivity index (χ4v) is 1.41. The fraction of sp³-hybridized carbons (Fsp3) is 0.364. The summed E-state index contributed by atoms with van der Waals surface area (Å²) >= 11 is 5.63. The number of amides is 1. The highest BCUT2D eigenvalue weighted by molar-refractivity contribution is 6.30. The summed E-state index contributed by atoms with van der Waals surface area (Å²) < 4.78 is 49.6. The first-order chi connectivity index (χ1) is 8.25. The number of nitrogens with zero attached hydrogens (tertiary/aromatic N) is 1. The molecule has 0 fully saturated rings. The molecular weight excluding hydrogens is 274 g/mol. The average molecular weight is 284 g/mol. The van der Waals surface area contributed by atoms with Gasteiger partial charge in [0.2, 0.25) is 0 Å². The molecule has 0 atom stereocenters. The lowest BCUT2D eigenvalue weighted by Gasteiger charge is -2.22. The van der Waals surface area contributed by atoms with E-state index in [4.69, 9.17) is 11.6 Å². The van der Waals surface area contributed by atoms with Gasteiger partial charge in [-0.3, -0.25) is 4.79 Å². The zero-order chi connectivity index (χ0) is 13.9. The Labute approximate surface area is 106 Å². The summed E-state index contributed by atoms with van der Waals surface area (Å²) in [6, 6.07) is 6.07. The first-order valence-corrected chi connectivity index (χ1v) is 5.29. The van der Waals surface area contributed by atoms with E-state index in [2.05, 4.69) is 0 Å². The van der Waals surface area contributed by atoms with Crippen molar-refractivity contribution >= 4 is 17.5 Å². The smallest absolute Gasteiger partial charge is 0.336 e. The third-order valence-corrected chi connectivity index (χ3v) is 2.49. The van der Waals surface area contributed by atoms with E-state index in [1.807, 2.05) is 0 Å². The van der Waals surface area contributed by atoms with Gasteiger partial charge in [0, 0.05) is 18.6 Å². The number of hydrogen-bond donors (Lipinski definition) is 0. The Balaban J connectivity index is 2.74. The van der Waals surface area contributed by atoms with Crippen molar-refractivity contribution in [2.24, 2.45) is 0 Å². The van der Waals surface area contributed by atoms with Crippen molar-refractivity contribution in [1.29, 1.82) is 0 Å². The van der Waals surface area contributed by atoms with Gasteiger partial charge in [-0.2, -0.15) is 8.78 Å². The van der Waals surface area contributed by atoms with Gasteiger partial charge in [-0.15, -0.1) is 0 Å². The lowest BCUT2D eigenvalue weighted by atomic mass is 10.2. The average Bonchev–Trinajstić information content (AvgIpc) is 2.30. The van der Waals surface area contributed by atoms with Crippen LogP contribution in [0.25, 0.3) is 0 Å². The molecule has 7 heteroatoms. The highest BCUT2D eigenvalue weighted by Gasteiger charge is 2.50. The van der Waals surface area contributed by atoms with Gasteiger partial charge < -0.3 is 4.90 Å². The van der Waals surface area contributed by atoms with Gasteiger partial charge in [0.1, 0.15) is 0 Å². The normalized spacial score (nSPS) is 11.7. The van der Waals surface area contributed by atoms with Gasteiger partial charge in [0.05, 0.1) is 0 Å². The second-order valence-electron chi connectivity index (χ2n) is 3.71. The predicted octanol–water partition coefficient (Wildman–Crippen LogP) is 3.20. The summed E-state index contributed by atoms with van der Waals surface area (Å²) in [7, 11) is 1.03. The quantitative estimate of drug-likeness (QED) is 0.777. The van der Waals surface area contributed by atoms with Crippen LogP contribution in [0.2, 0.25) is 5.02 Å². The maximum atomic E-state index is 12.8. The molecule has 0 unspecified atom stereocenters. The number of rotatable bonds is 4. The number of alkyl halides is 4. The first-order valence-electron chi connectivity index (χ1n) is 4.91. The van der Waals surface area contributed by atoms with Gasteiger partial charge >= 0.3 is 12.3 Å². The lowest BCUT2D eigenvalue weighted by Crippen LogP contribution is -2.45. The Morgan fingerprint density at radius 1 is 1.33 bits per heavy atom. The van der Waals surface area contributed by atoms with Crippen molar-refractivity contribution in [1.82, 2.24) is 4.90 Å². The molecule has 1 aromatic rings. The highest BCUT2D eigenvalue weighted by Crippen LogP contribution is 2.25. The maximum Gasteiger partial charge on any atom is 0.383 e. The number of carbonyl (C=O) groups is 1. The van der Waals surface area contributed by atoms with E-state index < -0.39 is 18.3 Å².